The molecule has 1 atom stereocenters. The first kappa shape index (κ1) is 15.6. The molecule has 6 nitrogen and oxygen atoms in total. The minimum atomic E-state index is -1.54. The van der Waals surface area contributed by atoms with Crippen LogP contribution in [0.3, 0.4) is 0 Å². The summed E-state index contributed by atoms with van der Waals surface area (Å²) in [4.78, 5) is 23.0. The summed E-state index contributed by atoms with van der Waals surface area (Å²) in [5.41, 5.74) is -0.877. The maximum Gasteiger partial charge on any atom is 0.329 e. The third-order valence-electron chi connectivity index (χ3n) is 2.85. The molecule has 1 aromatic rings. The molecule has 0 bridgehead atoms. The Hall–Kier alpha value is -2.50. The Morgan fingerprint density at radius 1 is 1.30 bits per heavy atom. The van der Waals surface area contributed by atoms with Gasteiger partial charge in [0.25, 0.3) is 0 Å². The first-order valence-electron chi connectivity index (χ1n) is 5.88. The fourth-order valence-corrected chi connectivity index (χ4v) is 1.62. The zero-order chi connectivity index (χ0) is 15.5. The first-order valence-corrected chi connectivity index (χ1v) is 5.88. The van der Waals surface area contributed by atoms with Crippen molar-refractivity contribution in [1.29, 1.82) is 0 Å². The van der Waals surface area contributed by atoms with Crippen molar-refractivity contribution in [3.05, 3.63) is 35.9 Å². The molecule has 6 heteroatoms. The van der Waals surface area contributed by atoms with Gasteiger partial charge in [-0.05, 0) is 31.5 Å². The van der Waals surface area contributed by atoms with Crippen molar-refractivity contribution in [2.24, 2.45) is 0 Å². The summed E-state index contributed by atoms with van der Waals surface area (Å²) in [5, 5.41) is 30.3. The highest BCUT2D eigenvalue weighted by Gasteiger charge is 2.35. The van der Waals surface area contributed by atoms with Crippen LogP contribution in [0.2, 0.25) is 0 Å². The van der Waals surface area contributed by atoms with Gasteiger partial charge in [-0.1, -0.05) is 12.6 Å². The molecule has 1 unspecified atom stereocenters. The van der Waals surface area contributed by atoms with Crippen molar-refractivity contribution in [3.63, 3.8) is 0 Å². The average molecular weight is 279 g/mol. The lowest BCUT2D eigenvalue weighted by molar-refractivity contribution is -0.146. The molecule has 0 fully saturated rings. The quantitative estimate of drug-likeness (QED) is 0.478. The largest absolute Gasteiger partial charge is 0.504 e. The first-order chi connectivity index (χ1) is 9.15. The van der Waals surface area contributed by atoms with Crippen LogP contribution in [0, 0.1) is 0 Å². The third-order valence-corrected chi connectivity index (χ3v) is 2.85. The Kier molecular flexibility index (Phi) is 4.39. The highest BCUT2D eigenvalue weighted by atomic mass is 16.4. The second kappa shape index (κ2) is 5.64. The standard InChI is InChI=1S/C14H17NO5/c1-8(2)12(18)15-14(3,13(19)20)7-9-4-5-10(16)11(17)6-9/h4-6,16-17H,1,7H2,2-3H3,(H,15,18)(H,19,20). The van der Waals surface area contributed by atoms with E-state index in [1.54, 1.807) is 0 Å². The van der Waals surface area contributed by atoms with E-state index in [1.165, 1.54) is 32.0 Å². The van der Waals surface area contributed by atoms with Crippen molar-refractivity contribution >= 4 is 11.9 Å². The number of benzene rings is 1. The highest BCUT2D eigenvalue weighted by molar-refractivity contribution is 5.96. The van der Waals surface area contributed by atoms with Crippen LogP contribution in [0.25, 0.3) is 0 Å². The van der Waals surface area contributed by atoms with Gasteiger partial charge >= 0.3 is 5.97 Å². The predicted molar refractivity (Wildman–Crippen MR) is 72.5 cm³/mol. The smallest absolute Gasteiger partial charge is 0.329 e. The number of phenolic OH excluding ortho intramolecular Hbond substituents is 2. The van der Waals surface area contributed by atoms with Gasteiger partial charge in [0.2, 0.25) is 5.91 Å². The molecule has 20 heavy (non-hydrogen) atoms. The van der Waals surface area contributed by atoms with Gasteiger partial charge < -0.3 is 20.6 Å². The number of aromatic hydroxyl groups is 2. The molecule has 1 aromatic carbocycles. The Labute approximate surface area is 116 Å². The molecular formula is C14H17NO5. The molecule has 0 saturated carbocycles. The maximum atomic E-state index is 11.6. The number of carboxylic acids is 1. The zero-order valence-electron chi connectivity index (χ0n) is 11.3. The normalized spacial score (nSPS) is 13.3. The molecule has 0 spiro atoms. The minimum absolute atomic E-state index is 0.0464. The van der Waals surface area contributed by atoms with Crippen molar-refractivity contribution in [2.75, 3.05) is 0 Å². The highest BCUT2D eigenvalue weighted by Crippen LogP contribution is 2.27. The van der Waals surface area contributed by atoms with Crippen LogP contribution in [0.4, 0.5) is 0 Å². The molecule has 1 rings (SSSR count). The topological polar surface area (TPSA) is 107 Å². The Bertz CT molecular complexity index is 567. The fraction of sp³-hybridized carbons (Fsp3) is 0.286. The molecule has 0 saturated heterocycles. The Balaban J connectivity index is 3.02. The van der Waals surface area contributed by atoms with Crippen molar-refractivity contribution in [2.45, 2.75) is 25.8 Å². The summed E-state index contributed by atoms with van der Waals surface area (Å²) >= 11 is 0. The van der Waals surface area contributed by atoms with E-state index in [-0.39, 0.29) is 23.5 Å². The van der Waals surface area contributed by atoms with Crippen LogP contribution in [0.1, 0.15) is 19.4 Å². The van der Waals surface area contributed by atoms with Gasteiger partial charge in [0, 0.05) is 12.0 Å². The number of carboxylic acid groups (broad SMARTS) is 1. The van der Waals surface area contributed by atoms with Crippen LogP contribution in [-0.2, 0) is 16.0 Å². The maximum absolute atomic E-state index is 11.6. The number of amides is 1. The Morgan fingerprint density at radius 3 is 2.35 bits per heavy atom. The van der Waals surface area contributed by atoms with Gasteiger partial charge in [-0.3, -0.25) is 4.79 Å². The van der Waals surface area contributed by atoms with Gasteiger partial charge in [-0.15, -0.1) is 0 Å². The zero-order valence-corrected chi connectivity index (χ0v) is 11.3. The third kappa shape index (κ3) is 3.50. The van der Waals surface area contributed by atoms with Crippen LogP contribution in [0.5, 0.6) is 11.5 Å². The molecule has 0 aliphatic carbocycles. The molecule has 0 heterocycles. The van der Waals surface area contributed by atoms with E-state index in [2.05, 4.69) is 11.9 Å². The molecule has 108 valence electrons. The van der Waals surface area contributed by atoms with E-state index in [0.717, 1.165) is 0 Å². The summed E-state index contributed by atoms with van der Waals surface area (Å²) in [6, 6.07) is 3.99. The van der Waals surface area contributed by atoms with Crippen LogP contribution in [-0.4, -0.2) is 32.7 Å². The van der Waals surface area contributed by atoms with Crippen molar-refractivity contribution in [1.82, 2.24) is 5.32 Å². The lowest BCUT2D eigenvalue weighted by Crippen LogP contribution is -2.54. The fourth-order valence-electron chi connectivity index (χ4n) is 1.62. The van der Waals surface area contributed by atoms with Gasteiger partial charge in [-0.25, -0.2) is 4.79 Å². The monoisotopic (exact) mass is 279 g/mol. The molecular weight excluding hydrogens is 262 g/mol. The summed E-state index contributed by atoms with van der Waals surface area (Å²) in [5.74, 6) is -2.41. The van der Waals surface area contributed by atoms with E-state index in [1.807, 2.05) is 0 Å². The van der Waals surface area contributed by atoms with Crippen LogP contribution < -0.4 is 5.32 Å². The van der Waals surface area contributed by atoms with Crippen molar-refractivity contribution in [3.8, 4) is 11.5 Å². The number of rotatable bonds is 5. The number of aliphatic carboxylic acids is 1. The van der Waals surface area contributed by atoms with Gasteiger partial charge in [0.05, 0.1) is 0 Å². The van der Waals surface area contributed by atoms with E-state index in [0.29, 0.717) is 5.56 Å². The van der Waals surface area contributed by atoms with Crippen molar-refractivity contribution < 1.29 is 24.9 Å². The summed E-state index contributed by atoms with van der Waals surface area (Å²) in [7, 11) is 0. The van der Waals surface area contributed by atoms with Gasteiger partial charge in [0.1, 0.15) is 5.54 Å². The second-order valence-corrected chi connectivity index (χ2v) is 4.87. The molecule has 0 aliphatic rings. The summed E-state index contributed by atoms with van der Waals surface area (Å²) in [6.07, 6.45) is -0.0464. The van der Waals surface area contributed by atoms with Crippen LogP contribution in [0.15, 0.2) is 30.4 Å². The van der Waals surface area contributed by atoms with E-state index in [4.69, 9.17) is 0 Å². The average Bonchev–Trinajstić information content (AvgIpc) is 2.33. The molecule has 0 radical (unpaired) electrons. The molecule has 0 aliphatic heterocycles. The number of carbonyl (C=O) groups is 2. The lowest BCUT2D eigenvalue weighted by Gasteiger charge is -2.26. The number of hydrogen-bond donors (Lipinski definition) is 4. The number of nitrogens with one attached hydrogen (secondary N) is 1. The molecule has 0 aromatic heterocycles. The number of phenols is 2. The summed E-state index contributed by atoms with van der Waals surface area (Å²) in [6.45, 7) is 6.29. The SMILES string of the molecule is C=C(C)C(=O)NC(C)(Cc1ccc(O)c(O)c1)C(=O)O. The number of carbonyl (C=O) groups excluding carboxylic acids is 1. The van der Waals surface area contributed by atoms with E-state index < -0.39 is 17.4 Å². The van der Waals surface area contributed by atoms with E-state index >= 15 is 0 Å². The Morgan fingerprint density at radius 2 is 1.90 bits per heavy atom. The minimum Gasteiger partial charge on any atom is -0.504 e. The number of hydrogen-bond acceptors (Lipinski definition) is 4. The lowest BCUT2D eigenvalue weighted by atomic mass is 9.92. The van der Waals surface area contributed by atoms with Gasteiger partial charge in [0.15, 0.2) is 11.5 Å². The van der Waals surface area contributed by atoms with Gasteiger partial charge in [-0.2, -0.15) is 0 Å². The van der Waals surface area contributed by atoms with E-state index in [9.17, 15) is 24.9 Å². The summed E-state index contributed by atoms with van der Waals surface area (Å²) < 4.78 is 0. The molecule has 4 N–H and O–H groups in total. The predicted octanol–water partition coefficient (Wildman–Crippen LogP) is 1.18. The molecule has 1 amide bonds. The van der Waals surface area contributed by atoms with Crippen LogP contribution >= 0.6 is 0 Å². The second-order valence-electron chi connectivity index (χ2n) is 4.87.